The zero-order chi connectivity index (χ0) is 17.7. The van der Waals surface area contributed by atoms with Crippen LogP contribution >= 0.6 is 0 Å². The fraction of sp³-hybridized carbons (Fsp3) is 0.350. The fourth-order valence-corrected chi connectivity index (χ4v) is 2.54. The average Bonchev–Trinajstić information content (AvgIpc) is 2.53. The Morgan fingerprint density at radius 1 is 0.958 bits per heavy atom. The number of aryl methyl sites for hydroxylation is 2. The summed E-state index contributed by atoms with van der Waals surface area (Å²) in [7, 11) is 5.76. The maximum Gasteiger partial charge on any atom is 0.253 e. The summed E-state index contributed by atoms with van der Waals surface area (Å²) in [4.78, 5) is 16.1. The van der Waals surface area contributed by atoms with E-state index in [-0.39, 0.29) is 5.91 Å². The number of anilines is 1. The summed E-state index contributed by atoms with van der Waals surface area (Å²) in [6.07, 6.45) is 0. The molecule has 2 aromatic carbocycles. The molecule has 0 heterocycles. The van der Waals surface area contributed by atoms with Crippen LogP contribution < -0.4 is 9.64 Å². The van der Waals surface area contributed by atoms with Gasteiger partial charge in [0, 0.05) is 32.4 Å². The van der Waals surface area contributed by atoms with Gasteiger partial charge in [0.15, 0.2) is 0 Å². The van der Waals surface area contributed by atoms with Gasteiger partial charge in [-0.15, -0.1) is 0 Å². The third kappa shape index (κ3) is 4.75. The lowest BCUT2D eigenvalue weighted by atomic mass is 10.1. The maximum atomic E-state index is 12.4. The summed E-state index contributed by atoms with van der Waals surface area (Å²) in [6, 6.07) is 13.8. The van der Waals surface area contributed by atoms with Crippen molar-refractivity contribution in [2.45, 2.75) is 13.8 Å². The van der Waals surface area contributed by atoms with E-state index < -0.39 is 0 Å². The summed E-state index contributed by atoms with van der Waals surface area (Å²) >= 11 is 0. The first-order valence-electron chi connectivity index (χ1n) is 8.11. The molecule has 4 heteroatoms. The van der Waals surface area contributed by atoms with Crippen LogP contribution in [0.1, 0.15) is 21.5 Å². The van der Waals surface area contributed by atoms with Crippen molar-refractivity contribution in [3.63, 3.8) is 0 Å². The highest BCUT2D eigenvalue weighted by Crippen LogP contribution is 2.16. The monoisotopic (exact) mass is 326 g/mol. The number of hydrogen-bond donors (Lipinski definition) is 0. The lowest BCUT2D eigenvalue weighted by Crippen LogP contribution is -2.30. The van der Waals surface area contributed by atoms with Crippen molar-refractivity contribution in [3.05, 3.63) is 59.2 Å². The van der Waals surface area contributed by atoms with Crippen molar-refractivity contribution in [2.75, 3.05) is 39.2 Å². The zero-order valence-corrected chi connectivity index (χ0v) is 15.2. The van der Waals surface area contributed by atoms with Gasteiger partial charge < -0.3 is 14.5 Å². The zero-order valence-electron chi connectivity index (χ0n) is 15.2. The van der Waals surface area contributed by atoms with Gasteiger partial charge in [-0.2, -0.15) is 0 Å². The Labute approximate surface area is 144 Å². The Balaban J connectivity index is 1.89. The minimum absolute atomic E-state index is 0.00401. The molecule has 4 nitrogen and oxygen atoms in total. The predicted octanol–water partition coefficient (Wildman–Crippen LogP) is 3.52. The minimum Gasteiger partial charge on any atom is -0.492 e. The van der Waals surface area contributed by atoms with E-state index >= 15 is 0 Å². The number of likely N-dealkylation sites (N-methyl/N-ethyl adjacent to an activating group) is 1. The predicted molar refractivity (Wildman–Crippen MR) is 99.1 cm³/mol. The summed E-state index contributed by atoms with van der Waals surface area (Å²) in [5.74, 6) is 0.855. The number of benzene rings is 2. The smallest absolute Gasteiger partial charge is 0.253 e. The summed E-state index contributed by atoms with van der Waals surface area (Å²) in [6.45, 7) is 5.11. The van der Waals surface area contributed by atoms with Gasteiger partial charge in [0.25, 0.3) is 5.91 Å². The second-order valence-corrected chi connectivity index (χ2v) is 6.34. The molecule has 1 amide bonds. The Hall–Kier alpha value is -2.49. The number of ether oxygens (including phenoxy) is 1. The molecular weight excluding hydrogens is 300 g/mol. The van der Waals surface area contributed by atoms with E-state index in [9.17, 15) is 4.79 Å². The Bertz CT molecular complexity index is 673. The highest BCUT2D eigenvalue weighted by Gasteiger charge is 2.11. The van der Waals surface area contributed by atoms with E-state index in [4.69, 9.17) is 4.74 Å². The molecule has 128 valence electrons. The second-order valence-electron chi connectivity index (χ2n) is 6.34. The van der Waals surface area contributed by atoms with E-state index in [0.717, 1.165) is 11.4 Å². The molecule has 0 aliphatic rings. The third-order valence-electron chi connectivity index (χ3n) is 3.87. The first-order chi connectivity index (χ1) is 11.4. The van der Waals surface area contributed by atoms with Crippen LogP contribution in [0.25, 0.3) is 0 Å². The van der Waals surface area contributed by atoms with Gasteiger partial charge in [0.05, 0.1) is 6.54 Å². The SMILES string of the molecule is Cc1cc(C)cc(OCCN(C)C(=O)c2ccc(N(C)C)cc2)c1. The third-order valence-corrected chi connectivity index (χ3v) is 3.87. The lowest BCUT2D eigenvalue weighted by molar-refractivity contribution is 0.0773. The molecule has 0 N–H and O–H groups in total. The van der Waals surface area contributed by atoms with Gasteiger partial charge in [-0.05, 0) is 61.4 Å². The highest BCUT2D eigenvalue weighted by atomic mass is 16.5. The van der Waals surface area contributed by atoms with Crippen molar-refractivity contribution in [3.8, 4) is 5.75 Å². The number of amides is 1. The first kappa shape index (κ1) is 17.9. The van der Waals surface area contributed by atoms with Gasteiger partial charge >= 0.3 is 0 Å². The molecule has 0 unspecified atom stereocenters. The van der Waals surface area contributed by atoms with E-state index in [1.54, 1.807) is 11.9 Å². The van der Waals surface area contributed by atoms with Crippen molar-refractivity contribution in [2.24, 2.45) is 0 Å². The van der Waals surface area contributed by atoms with Gasteiger partial charge in [0.1, 0.15) is 12.4 Å². The van der Waals surface area contributed by atoms with Crippen molar-refractivity contribution >= 4 is 11.6 Å². The molecular formula is C20H26N2O2. The Morgan fingerprint density at radius 2 is 1.54 bits per heavy atom. The van der Waals surface area contributed by atoms with E-state index in [0.29, 0.717) is 18.7 Å². The minimum atomic E-state index is 0.00401. The van der Waals surface area contributed by atoms with Crippen LogP contribution in [-0.4, -0.2) is 45.1 Å². The molecule has 0 saturated heterocycles. The fourth-order valence-electron chi connectivity index (χ4n) is 2.54. The normalized spacial score (nSPS) is 10.4. The van der Waals surface area contributed by atoms with Crippen LogP contribution in [0, 0.1) is 13.8 Å². The average molecular weight is 326 g/mol. The molecule has 24 heavy (non-hydrogen) atoms. The lowest BCUT2D eigenvalue weighted by Gasteiger charge is -2.19. The van der Waals surface area contributed by atoms with Crippen LogP contribution in [0.5, 0.6) is 5.75 Å². The number of nitrogens with zero attached hydrogens (tertiary/aromatic N) is 2. The quantitative estimate of drug-likeness (QED) is 0.814. The summed E-state index contributed by atoms with van der Waals surface area (Å²) in [5, 5.41) is 0. The van der Waals surface area contributed by atoms with Gasteiger partial charge in [-0.25, -0.2) is 0 Å². The van der Waals surface area contributed by atoms with Crippen molar-refractivity contribution < 1.29 is 9.53 Å². The van der Waals surface area contributed by atoms with Crippen LogP contribution in [-0.2, 0) is 0 Å². The molecule has 0 aliphatic heterocycles. The molecule has 0 bridgehead atoms. The molecule has 2 rings (SSSR count). The number of hydrogen-bond acceptors (Lipinski definition) is 3. The molecule has 0 spiro atoms. The van der Waals surface area contributed by atoms with Crippen LogP contribution in [0.3, 0.4) is 0 Å². The standard InChI is InChI=1S/C20H26N2O2/c1-15-12-16(2)14-19(13-15)24-11-10-22(5)20(23)17-6-8-18(9-7-17)21(3)4/h6-9,12-14H,10-11H2,1-5H3. The van der Waals surface area contributed by atoms with Gasteiger partial charge in [0.2, 0.25) is 0 Å². The Kier molecular flexibility index (Phi) is 5.85. The largest absolute Gasteiger partial charge is 0.492 e. The van der Waals surface area contributed by atoms with Gasteiger partial charge in [-0.1, -0.05) is 6.07 Å². The molecule has 0 aliphatic carbocycles. The van der Waals surface area contributed by atoms with Crippen LogP contribution in [0.4, 0.5) is 5.69 Å². The Morgan fingerprint density at radius 3 is 2.08 bits per heavy atom. The van der Waals surface area contributed by atoms with E-state index in [2.05, 4.69) is 6.07 Å². The van der Waals surface area contributed by atoms with Crippen molar-refractivity contribution in [1.82, 2.24) is 4.90 Å². The van der Waals surface area contributed by atoms with Gasteiger partial charge in [-0.3, -0.25) is 4.79 Å². The maximum absolute atomic E-state index is 12.4. The summed E-state index contributed by atoms with van der Waals surface area (Å²) in [5.41, 5.74) is 4.12. The first-order valence-corrected chi connectivity index (χ1v) is 8.11. The highest BCUT2D eigenvalue weighted by molar-refractivity contribution is 5.94. The van der Waals surface area contributed by atoms with Crippen molar-refractivity contribution in [1.29, 1.82) is 0 Å². The second kappa shape index (κ2) is 7.86. The van der Waals surface area contributed by atoms with Crippen LogP contribution in [0.15, 0.2) is 42.5 Å². The molecule has 0 atom stereocenters. The van der Waals surface area contributed by atoms with E-state index in [1.807, 2.05) is 69.2 Å². The molecule has 2 aromatic rings. The molecule has 0 aromatic heterocycles. The molecule has 0 fully saturated rings. The van der Waals surface area contributed by atoms with Crippen LogP contribution in [0.2, 0.25) is 0 Å². The number of carbonyl (C=O) groups excluding carboxylic acids is 1. The van der Waals surface area contributed by atoms with E-state index in [1.165, 1.54) is 11.1 Å². The number of carbonyl (C=O) groups is 1. The summed E-state index contributed by atoms with van der Waals surface area (Å²) < 4.78 is 5.77. The molecule has 0 radical (unpaired) electrons. The number of rotatable bonds is 6. The molecule has 0 saturated carbocycles. The topological polar surface area (TPSA) is 32.8 Å².